The summed E-state index contributed by atoms with van der Waals surface area (Å²) in [7, 11) is -4.98. The number of hydrogen-bond donors (Lipinski definition) is 3. The van der Waals surface area contributed by atoms with E-state index < -0.39 is 64.4 Å². The summed E-state index contributed by atoms with van der Waals surface area (Å²) in [6.07, 6.45) is 5.51. The molecule has 3 aromatic rings. The number of β-lactam (4-membered cyclic amide) rings is 1. The first kappa shape index (κ1) is 37.6. The number of nitrogen functional groups attached to an aromatic ring is 1. The first-order valence-electron chi connectivity index (χ1n) is 17.3. The van der Waals surface area contributed by atoms with Gasteiger partial charge < -0.3 is 25.3 Å². The molecule has 4 N–H and O–H groups in total. The number of carbonyl (C=O) groups is 3. The molecule has 52 heavy (non-hydrogen) atoms. The van der Waals surface area contributed by atoms with Crippen molar-refractivity contribution < 1.29 is 46.3 Å². The molecular formula is C35H43N5O10S2. The third kappa shape index (κ3) is 8.89. The monoisotopic (exact) mass is 757 g/mol. The van der Waals surface area contributed by atoms with Crippen molar-refractivity contribution in [2.75, 3.05) is 32.0 Å². The fraction of sp³-hybridized carbons (Fsp3) is 0.514. The van der Waals surface area contributed by atoms with Crippen LogP contribution in [0.5, 0.6) is 5.75 Å². The smallest absolute Gasteiger partial charge is 0.418 e. The van der Waals surface area contributed by atoms with Crippen LogP contribution in [-0.4, -0.2) is 94.3 Å². The average Bonchev–Trinajstić information content (AvgIpc) is 3.51. The van der Waals surface area contributed by atoms with Gasteiger partial charge in [-0.15, -0.1) is 15.6 Å². The van der Waals surface area contributed by atoms with Gasteiger partial charge in [-0.25, -0.2) is 9.78 Å². The minimum Gasteiger partial charge on any atom is -0.489 e. The van der Waals surface area contributed by atoms with Crippen LogP contribution < -0.4 is 10.5 Å². The number of aliphatic carboxylic acids is 1. The third-order valence-electron chi connectivity index (χ3n) is 10.3. The molecule has 1 aliphatic carbocycles. The highest BCUT2D eigenvalue weighted by Crippen LogP contribution is 2.41. The molecule has 0 radical (unpaired) electrons. The average molecular weight is 758 g/mol. The lowest BCUT2D eigenvalue weighted by atomic mass is 9.74. The van der Waals surface area contributed by atoms with Crippen molar-refractivity contribution in [2.45, 2.75) is 70.4 Å². The number of amides is 1. The van der Waals surface area contributed by atoms with Crippen molar-refractivity contribution in [3.63, 3.8) is 0 Å². The van der Waals surface area contributed by atoms with E-state index in [-0.39, 0.29) is 10.8 Å². The standard InChI is InChI=1S/C35H43N5O10S2/c1-35(2)27(32(42)40(35)50-52(45,46)47)17-29(41)31(28-20-51-34(36)37-28)38-49-30(33(43)44)19-48-26-9-8-24-15-23(6-7-25(24)16-26)14-21-10-12-39(13-11-21)18-22-4-3-5-22/h6-9,15-16,20-22,27,30H,3-5,10-14,17-19H2,1-2H3,(H2,36,37)(H,43,44)(H,45,46,47)/b38-31-/t27-,30+/m1/s1. The summed E-state index contributed by atoms with van der Waals surface area (Å²) in [5.74, 6) is -2.10. The highest BCUT2D eigenvalue weighted by Gasteiger charge is 2.57. The number of nitrogens with two attached hydrogens (primary N) is 1. The maximum Gasteiger partial charge on any atom is 0.418 e. The van der Waals surface area contributed by atoms with Crippen molar-refractivity contribution in [3.05, 3.63) is 53.0 Å². The number of fused-ring (bicyclic) bond motifs is 1. The number of carboxylic acid groups (broad SMARTS) is 1. The number of hydroxylamine groups is 2. The second-order valence-electron chi connectivity index (χ2n) is 14.3. The SMILES string of the molecule is CC1(C)[C@H](CC(=O)/C(=N\O[C@@H](COc2ccc3cc(CC4CCN(CC5CCC5)CC4)ccc3c2)C(=O)O)c2csc(N)n2)C(=O)N1OS(=O)(=O)O. The van der Waals surface area contributed by atoms with E-state index in [9.17, 15) is 27.9 Å². The Hall–Kier alpha value is -4.16. The predicted octanol–water partition coefficient (Wildman–Crippen LogP) is 4.12. The highest BCUT2D eigenvalue weighted by molar-refractivity contribution is 7.80. The van der Waals surface area contributed by atoms with Crippen LogP contribution in [0, 0.1) is 17.8 Å². The highest BCUT2D eigenvalue weighted by atomic mass is 32.3. The summed E-state index contributed by atoms with van der Waals surface area (Å²) in [5, 5.41) is 17.7. The van der Waals surface area contributed by atoms with Gasteiger partial charge in [-0.2, -0.15) is 13.5 Å². The van der Waals surface area contributed by atoms with Crippen LogP contribution in [0.1, 0.15) is 63.6 Å². The number of carbonyl (C=O) groups excluding carboxylic acids is 2. The molecule has 2 saturated heterocycles. The van der Waals surface area contributed by atoms with E-state index in [2.05, 4.69) is 31.5 Å². The number of aromatic nitrogens is 1. The molecule has 1 saturated carbocycles. The van der Waals surface area contributed by atoms with Crippen LogP contribution >= 0.6 is 11.3 Å². The fourth-order valence-electron chi connectivity index (χ4n) is 6.96. The first-order valence-corrected chi connectivity index (χ1v) is 19.5. The molecule has 2 atom stereocenters. The maximum absolute atomic E-state index is 13.4. The minimum atomic E-state index is -4.98. The number of thiazole rings is 1. The molecule has 0 unspecified atom stereocenters. The predicted molar refractivity (Wildman–Crippen MR) is 192 cm³/mol. The normalized spacial score (nSPS) is 20.7. The van der Waals surface area contributed by atoms with Crippen molar-refractivity contribution in [1.29, 1.82) is 0 Å². The molecule has 3 heterocycles. The number of piperidine rings is 1. The van der Waals surface area contributed by atoms with Crippen molar-refractivity contribution in [2.24, 2.45) is 22.9 Å². The van der Waals surface area contributed by atoms with Gasteiger partial charge in [-0.1, -0.05) is 35.8 Å². The second-order valence-corrected chi connectivity index (χ2v) is 16.2. The largest absolute Gasteiger partial charge is 0.489 e. The molecule has 0 bridgehead atoms. The van der Waals surface area contributed by atoms with E-state index in [4.69, 9.17) is 19.9 Å². The van der Waals surface area contributed by atoms with Gasteiger partial charge in [-0.3, -0.25) is 14.1 Å². The Bertz CT molecular complexity index is 1950. The summed E-state index contributed by atoms with van der Waals surface area (Å²) in [6.45, 7) is 6.04. The van der Waals surface area contributed by atoms with Gasteiger partial charge in [0, 0.05) is 18.3 Å². The lowest BCUT2D eigenvalue weighted by Gasteiger charge is -2.50. The first-order chi connectivity index (χ1) is 24.7. The Labute approximate surface area is 305 Å². The Kier molecular flexibility index (Phi) is 11.2. The molecule has 1 aromatic heterocycles. The van der Waals surface area contributed by atoms with Crippen molar-refractivity contribution in [3.8, 4) is 5.75 Å². The summed E-state index contributed by atoms with van der Waals surface area (Å²) >= 11 is 1.00. The number of hydrogen-bond acceptors (Lipinski definition) is 13. The quantitative estimate of drug-likeness (QED) is 0.0814. The number of ketones is 1. The molecule has 2 aromatic carbocycles. The maximum atomic E-state index is 13.4. The molecule has 280 valence electrons. The van der Waals surface area contributed by atoms with Gasteiger partial charge in [0.1, 0.15) is 18.1 Å². The van der Waals surface area contributed by atoms with Crippen LogP contribution in [0.15, 0.2) is 46.9 Å². The third-order valence-corrected chi connectivity index (χ3v) is 11.3. The van der Waals surface area contributed by atoms with Crippen LogP contribution in [0.25, 0.3) is 10.8 Å². The molecule has 15 nitrogen and oxygen atoms in total. The number of nitrogens with zero attached hydrogens (tertiary/aromatic N) is 4. The molecule has 3 aliphatic rings. The van der Waals surface area contributed by atoms with E-state index in [1.165, 1.54) is 76.5 Å². The van der Waals surface area contributed by atoms with Gasteiger partial charge in [-0.05, 0) is 99.3 Å². The number of oxime groups is 1. The zero-order valence-corrected chi connectivity index (χ0v) is 30.6. The van der Waals surface area contributed by atoms with Crippen LogP contribution in [-0.2, 0) is 40.3 Å². The molecule has 2 aliphatic heterocycles. The summed E-state index contributed by atoms with van der Waals surface area (Å²) in [4.78, 5) is 50.2. The number of rotatable bonds is 16. The van der Waals surface area contributed by atoms with Gasteiger partial charge in [0.05, 0.1) is 11.5 Å². The molecule has 0 spiro atoms. The van der Waals surface area contributed by atoms with Crippen LogP contribution in [0.4, 0.5) is 5.13 Å². The number of ether oxygens (including phenoxy) is 1. The van der Waals surface area contributed by atoms with Gasteiger partial charge >= 0.3 is 16.4 Å². The van der Waals surface area contributed by atoms with Crippen molar-refractivity contribution >= 4 is 61.0 Å². The minimum absolute atomic E-state index is 0.00326. The molecule has 17 heteroatoms. The second kappa shape index (κ2) is 15.4. The van der Waals surface area contributed by atoms with Crippen LogP contribution in [0.2, 0.25) is 0 Å². The lowest BCUT2D eigenvalue weighted by Crippen LogP contribution is -2.68. The molecule has 1 amide bonds. The van der Waals surface area contributed by atoms with Crippen LogP contribution in [0.3, 0.4) is 0 Å². The van der Waals surface area contributed by atoms with E-state index in [1.807, 2.05) is 18.2 Å². The van der Waals surface area contributed by atoms with Crippen molar-refractivity contribution in [1.82, 2.24) is 14.9 Å². The molecule has 3 fully saturated rings. The lowest BCUT2D eigenvalue weighted by molar-refractivity contribution is -0.228. The number of benzene rings is 2. The summed E-state index contributed by atoms with van der Waals surface area (Å²) in [6, 6.07) is 11.9. The Balaban J connectivity index is 1.07. The number of Topliss-reactive ketones (excluding diaryl/α,β-unsaturated/α-hetero) is 1. The van der Waals surface area contributed by atoms with E-state index in [0.29, 0.717) is 16.7 Å². The summed E-state index contributed by atoms with van der Waals surface area (Å²) in [5.41, 5.74) is 5.34. The summed E-state index contributed by atoms with van der Waals surface area (Å²) < 4.78 is 41.5. The van der Waals surface area contributed by atoms with E-state index >= 15 is 0 Å². The van der Waals surface area contributed by atoms with E-state index in [1.54, 1.807) is 6.07 Å². The number of anilines is 1. The van der Waals surface area contributed by atoms with Gasteiger partial charge in [0.15, 0.2) is 16.6 Å². The zero-order valence-electron chi connectivity index (χ0n) is 29.0. The fourth-order valence-corrected chi connectivity index (χ4v) is 7.96. The Morgan fingerprint density at radius 1 is 1.10 bits per heavy atom. The topological polar surface area (TPSA) is 211 Å². The molecule has 6 rings (SSSR count). The Morgan fingerprint density at radius 2 is 1.81 bits per heavy atom. The molecular weight excluding hydrogens is 715 g/mol. The number of likely N-dealkylation sites (tertiary alicyclic amines) is 1. The van der Waals surface area contributed by atoms with Gasteiger partial charge in [0.25, 0.3) is 12.0 Å². The van der Waals surface area contributed by atoms with Gasteiger partial charge in [0.2, 0.25) is 0 Å². The Morgan fingerprint density at radius 3 is 2.42 bits per heavy atom. The number of carboxylic acids is 1. The zero-order chi connectivity index (χ0) is 37.2. The van der Waals surface area contributed by atoms with E-state index in [0.717, 1.165) is 34.4 Å².